The Morgan fingerprint density at radius 1 is 0.812 bits per heavy atom. The van der Waals surface area contributed by atoms with Crippen molar-refractivity contribution in [2.24, 2.45) is 11.1 Å². The second-order valence-corrected chi connectivity index (χ2v) is 17.0. The number of hydrogen-bond donors (Lipinski definition) is 3. The zero-order valence-corrected chi connectivity index (χ0v) is 37.8. The van der Waals surface area contributed by atoms with Crippen molar-refractivity contribution >= 4 is 41.3 Å². The van der Waals surface area contributed by atoms with Crippen LogP contribution < -0.4 is 16.4 Å². The number of ether oxygens (including phenoxy) is 4. The van der Waals surface area contributed by atoms with E-state index in [-0.39, 0.29) is 49.2 Å². The normalized spacial score (nSPS) is 13.1. The van der Waals surface area contributed by atoms with Gasteiger partial charge in [0, 0.05) is 73.5 Å². The molecule has 0 bridgehead atoms. The van der Waals surface area contributed by atoms with Crippen molar-refractivity contribution in [2.45, 2.75) is 46.2 Å². The molecular weight excluding hydrogens is 851 g/mol. The van der Waals surface area contributed by atoms with E-state index in [1.54, 1.807) is 0 Å². The van der Waals surface area contributed by atoms with Crippen LogP contribution in [0.25, 0.3) is 11.1 Å². The minimum Gasteiger partial charge on any atom is -0.377 e. The third-order valence-electron chi connectivity index (χ3n) is 9.86. The molecule has 4 rings (SSSR count). The lowest BCUT2D eigenvalue weighted by atomic mass is 9.83. The maximum atomic E-state index is 15.1. The summed E-state index contributed by atoms with van der Waals surface area (Å²) in [6.07, 6.45) is 4.86. The first-order valence-electron chi connectivity index (χ1n) is 21.4. The second kappa shape index (κ2) is 27.4. The van der Waals surface area contributed by atoms with Crippen molar-refractivity contribution in [1.29, 1.82) is 0 Å². The molecule has 0 fully saturated rings. The van der Waals surface area contributed by atoms with Crippen LogP contribution in [-0.4, -0.2) is 141 Å². The van der Waals surface area contributed by atoms with Crippen LogP contribution >= 0.6 is 11.8 Å². The average Bonchev–Trinajstić information content (AvgIpc) is 3.81. The predicted octanol–water partition coefficient (Wildman–Crippen LogP) is 4.09. The number of amides is 5. The molecule has 1 aliphatic rings. The van der Waals surface area contributed by atoms with Gasteiger partial charge in [0.1, 0.15) is 18.2 Å². The van der Waals surface area contributed by atoms with Gasteiger partial charge >= 0.3 is 0 Å². The van der Waals surface area contributed by atoms with Crippen molar-refractivity contribution in [3.8, 4) is 11.1 Å². The van der Waals surface area contributed by atoms with Gasteiger partial charge in [-0.3, -0.25) is 28.9 Å². The molecule has 5 amide bonds. The van der Waals surface area contributed by atoms with Crippen LogP contribution in [0.2, 0.25) is 0 Å². The minimum atomic E-state index is -0.545. The van der Waals surface area contributed by atoms with Gasteiger partial charge in [-0.25, -0.2) is 8.78 Å². The minimum absolute atomic E-state index is 0.107. The van der Waals surface area contributed by atoms with Gasteiger partial charge in [0.2, 0.25) is 17.7 Å². The number of rotatable bonds is 30. The molecule has 2 aromatic carbocycles. The van der Waals surface area contributed by atoms with Crippen LogP contribution in [-0.2, 0) is 49.5 Å². The van der Waals surface area contributed by atoms with Crippen LogP contribution in [0.3, 0.4) is 0 Å². The molecular formula is C46H62F2N6O9S. The van der Waals surface area contributed by atoms with Gasteiger partial charge in [-0.05, 0) is 48.2 Å². The molecule has 350 valence electrons. The van der Waals surface area contributed by atoms with Gasteiger partial charge in [0.25, 0.3) is 11.8 Å². The smallest absolute Gasteiger partial charge is 0.254 e. The van der Waals surface area contributed by atoms with E-state index in [4.69, 9.17) is 24.7 Å². The molecule has 0 saturated heterocycles. The van der Waals surface area contributed by atoms with E-state index < -0.39 is 40.8 Å². The second-order valence-electron chi connectivity index (χ2n) is 15.9. The van der Waals surface area contributed by atoms with Crippen molar-refractivity contribution in [2.75, 3.05) is 97.1 Å². The van der Waals surface area contributed by atoms with E-state index in [0.29, 0.717) is 90.2 Å². The number of carbonyl (C=O) groups excluding carboxylic acids is 5. The number of hydrogen-bond acceptors (Lipinski definition) is 11. The lowest BCUT2D eigenvalue weighted by molar-refractivity contribution is -0.141. The summed E-state index contributed by atoms with van der Waals surface area (Å²) in [5, 5.41) is 5.42. The summed E-state index contributed by atoms with van der Waals surface area (Å²) in [4.78, 5) is 64.2. The van der Waals surface area contributed by atoms with Crippen molar-refractivity contribution in [1.82, 2.24) is 25.0 Å². The van der Waals surface area contributed by atoms with Gasteiger partial charge in [0.15, 0.2) is 0 Å². The van der Waals surface area contributed by atoms with E-state index >= 15 is 4.39 Å². The predicted molar refractivity (Wildman–Crippen MR) is 240 cm³/mol. The molecule has 0 spiro atoms. The first-order chi connectivity index (χ1) is 30.8. The summed E-state index contributed by atoms with van der Waals surface area (Å²) in [6.45, 7) is 10.3. The highest BCUT2D eigenvalue weighted by molar-refractivity contribution is 7.99. The molecule has 4 N–H and O–H groups in total. The van der Waals surface area contributed by atoms with E-state index in [2.05, 4.69) is 31.4 Å². The third kappa shape index (κ3) is 17.5. The van der Waals surface area contributed by atoms with E-state index in [1.165, 1.54) is 17.8 Å². The number of halogens is 2. The molecule has 0 radical (unpaired) electrons. The summed E-state index contributed by atoms with van der Waals surface area (Å²) in [6, 6.07) is 14.6. The number of nitrogens with zero attached hydrogens (tertiary/aromatic N) is 3. The molecule has 64 heavy (non-hydrogen) atoms. The Morgan fingerprint density at radius 3 is 2.00 bits per heavy atom. The van der Waals surface area contributed by atoms with Gasteiger partial charge in [0.05, 0.1) is 64.6 Å². The van der Waals surface area contributed by atoms with E-state index in [1.807, 2.05) is 52.1 Å². The van der Waals surface area contributed by atoms with Crippen molar-refractivity contribution in [3.05, 3.63) is 95.8 Å². The fraction of sp³-hybridized carbons (Fsp3) is 0.500. The summed E-state index contributed by atoms with van der Waals surface area (Å²) in [5.41, 5.74) is 7.94. The maximum absolute atomic E-state index is 15.1. The zero-order chi connectivity index (χ0) is 46.3. The number of benzene rings is 2. The number of nitrogens with one attached hydrogen (secondary N) is 2. The SMILES string of the molecule is CC(C)(C)C(c1cc(-c2cc(F)ccc2F)cn1Cc1ccccc1)N(CCCN)C(=O)CSCCC(=O)NCCOCCOCCOCCOCCNC(=O)CN1C(=O)C=CC1=O. The van der Waals surface area contributed by atoms with Gasteiger partial charge < -0.3 is 44.8 Å². The highest BCUT2D eigenvalue weighted by Gasteiger charge is 2.37. The molecule has 3 aromatic rings. The molecule has 1 aliphatic heterocycles. The number of thioether (sulfide) groups is 1. The van der Waals surface area contributed by atoms with Crippen LogP contribution in [0.1, 0.15) is 50.9 Å². The van der Waals surface area contributed by atoms with Crippen molar-refractivity contribution < 1.29 is 51.7 Å². The first kappa shape index (κ1) is 51.7. The average molecular weight is 913 g/mol. The van der Waals surface area contributed by atoms with E-state index in [9.17, 15) is 28.4 Å². The topological polar surface area (TPSA) is 184 Å². The lowest BCUT2D eigenvalue weighted by Gasteiger charge is -2.41. The fourth-order valence-electron chi connectivity index (χ4n) is 6.84. The van der Waals surface area contributed by atoms with Gasteiger partial charge in [-0.15, -0.1) is 0 Å². The highest BCUT2D eigenvalue weighted by Crippen LogP contribution is 2.41. The highest BCUT2D eigenvalue weighted by atomic mass is 32.2. The Kier molecular flexibility index (Phi) is 22.1. The summed E-state index contributed by atoms with van der Waals surface area (Å²) in [7, 11) is 0. The molecule has 15 nitrogen and oxygen atoms in total. The molecule has 0 saturated carbocycles. The number of aromatic nitrogens is 1. The first-order valence-corrected chi connectivity index (χ1v) is 22.6. The summed E-state index contributed by atoms with van der Waals surface area (Å²) in [5.74, 6) is -2.24. The molecule has 0 aliphatic carbocycles. The molecule has 18 heteroatoms. The van der Waals surface area contributed by atoms with Crippen LogP contribution in [0.15, 0.2) is 72.9 Å². The Bertz CT molecular complexity index is 1980. The quantitative estimate of drug-likeness (QED) is 0.0647. The van der Waals surface area contributed by atoms with Gasteiger partial charge in [-0.2, -0.15) is 11.8 Å². The maximum Gasteiger partial charge on any atom is 0.254 e. The Labute approximate surface area is 378 Å². The third-order valence-corrected chi connectivity index (χ3v) is 10.8. The Balaban J connectivity index is 1.11. The summed E-state index contributed by atoms with van der Waals surface area (Å²) >= 11 is 1.38. The lowest BCUT2D eigenvalue weighted by Crippen LogP contribution is -2.44. The molecule has 1 atom stereocenters. The van der Waals surface area contributed by atoms with Crippen LogP contribution in [0, 0.1) is 17.0 Å². The fourth-order valence-corrected chi connectivity index (χ4v) is 7.65. The molecule has 1 aromatic heterocycles. The Hall–Kier alpha value is -4.98. The van der Waals surface area contributed by atoms with Crippen molar-refractivity contribution in [3.63, 3.8) is 0 Å². The molecule has 1 unspecified atom stereocenters. The van der Waals surface area contributed by atoms with E-state index in [0.717, 1.165) is 40.4 Å². The number of imide groups is 1. The van der Waals surface area contributed by atoms with Crippen LogP contribution in [0.5, 0.6) is 0 Å². The Morgan fingerprint density at radius 2 is 1.41 bits per heavy atom. The number of nitrogens with two attached hydrogens (primary N) is 1. The standard InChI is InChI=1S/C46H62F2N6O9S/c1-46(2,3)45(39-28-35(37-29-36(47)10-11-38(37)48)31-52(39)30-34-8-5-4-6-9-34)53(18-7-15-49)44(59)33-64-27-14-40(55)50-16-19-60-21-23-62-25-26-63-24-22-61-20-17-51-41(56)32-54-42(57)12-13-43(54)58/h4-6,8-13,28-29,31,45H,7,14-27,30,32-33,49H2,1-3H3,(H,50,55)(H,51,56). The summed E-state index contributed by atoms with van der Waals surface area (Å²) < 4.78 is 53.3. The van der Waals surface area contributed by atoms with Crippen LogP contribution in [0.4, 0.5) is 8.78 Å². The molecule has 2 heterocycles. The monoisotopic (exact) mass is 912 g/mol. The van der Waals surface area contributed by atoms with Gasteiger partial charge in [-0.1, -0.05) is 51.1 Å². The largest absolute Gasteiger partial charge is 0.377 e. The number of carbonyl (C=O) groups is 5. The zero-order valence-electron chi connectivity index (χ0n) is 37.0.